The molecule has 1 unspecified atom stereocenters. The van der Waals surface area contributed by atoms with Gasteiger partial charge in [0.2, 0.25) is 5.91 Å². The fourth-order valence-electron chi connectivity index (χ4n) is 1.83. The largest absolute Gasteiger partial charge is 0.377 e. The molecular formula is C18H23FN2O2. The highest BCUT2D eigenvalue weighted by Crippen LogP contribution is 2.16. The van der Waals surface area contributed by atoms with Gasteiger partial charge in [-0.05, 0) is 30.2 Å². The van der Waals surface area contributed by atoms with Crippen LogP contribution in [0.5, 0.6) is 0 Å². The summed E-state index contributed by atoms with van der Waals surface area (Å²) < 4.78 is 13.0. The predicted octanol–water partition coefficient (Wildman–Crippen LogP) is 2.39. The van der Waals surface area contributed by atoms with Gasteiger partial charge >= 0.3 is 0 Å². The Morgan fingerprint density at radius 1 is 1.35 bits per heavy atom. The van der Waals surface area contributed by atoms with Crippen molar-refractivity contribution in [2.45, 2.75) is 20.1 Å². The molecular weight excluding hydrogens is 295 g/mol. The Hall–Kier alpha value is -2.24. The number of rotatable bonds is 8. The average molecular weight is 318 g/mol. The van der Waals surface area contributed by atoms with E-state index in [4.69, 9.17) is 0 Å². The first kappa shape index (κ1) is 18.8. The third kappa shape index (κ3) is 8.09. The molecule has 0 heterocycles. The zero-order chi connectivity index (χ0) is 17.1. The van der Waals surface area contributed by atoms with E-state index in [0.717, 1.165) is 11.1 Å². The van der Waals surface area contributed by atoms with Gasteiger partial charge in [-0.15, -0.1) is 0 Å². The Balaban J connectivity index is 2.54. The number of carbonyl (C=O) groups excluding carboxylic acids is 1. The number of aliphatic hydroxyl groups excluding tert-OH is 1. The minimum Gasteiger partial charge on any atom is -0.377 e. The number of hydrogen-bond acceptors (Lipinski definition) is 3. The molecule has 4 nitrogen and oxygen atoms in total. The molecule has 0 radical (unpaired) electrons. The van der Waals surface area contributed by atoms with E-state index in [0.29, 0.717) is 6.54 Å². The highest BCUT2D eigenvalue weighted by molar-refractivity contribution is 5.75. The summed E-state index contributed by atoms with van der Waals surface area (Å²) >= 11 is 0. The van der Waals surface area contributed by atoms with Gasteiger partial charge in [0.25, 0.3) is 0 Å². The van der Waals surface area contributed by atoms with Crippen LogP contribution in [0, 0.1) is 5.82 Å². The van der Waals surface area contributed by atoms with Crippen LogP contribution in [-0.2, 0) is 4.79 Å². The molecule has 0 aromatic heterocycles. The van der Waals surface area contributed by atoms with Crippen LogP contribution in [-0.4, -0.2) is 30.3 Å². The molecule has 1 aromatic carbocycles. The van der Waals surface area contributed by atoms with E-state index in [9.17, 15) is 14.3 Å². The van der Waals surface area contributed by atoms with Crippen molar-refractivity contribution < 1.29 is 14.3 Å². The second kappa shape index (κ2) is 10.5. The number of carbonyl (C=O) groups is 1. The highest BCUT2D eigenvalue weighted by atomic mass is 19.1. The van der Waals surface area contributed by atoms with E-state index in [1.807, 2.05) is 37.3 Å². The topological polar surface area (TPSA) is 61.4 Å². The van der Waals surface area contributed by atoms with E-state index in [1.54, 1.807) is 12.1 Å². The van der Waals surface area contributed by atoms with Crippen LogP contribution in [0.25, 0.3) is 5.57 Å². The summed E-state index contributed by atoms with van der Waals surface area (Å²) in [6.07, 6.45) is 8.69. The van der Waals surface area contributed by atoms with Crippen molar-refractivity contribution in [1.29, 1.82) is 0 Å². The van der Waals surface area contributed by atoms with Gasteiger partial charge in [-0.3, -0.25) is 10.1 Å². The monoisotopic (exact) mass is 318 g/mol. The summed E-state index contributed by atoms with van der Waals surface area (Å²) in [5.41, 5.74) is 1.88. The molecule has 0 aliphatic rings. The van der Waals surface area contributed by atoms with Gasteiger partial charge in [0.1, 0.15) is 12.0 Å². The molecule has 0 aliphatic heterocycles. The number of benzene rings is 1. The van der Waals surface area contributed by atoms with E-state index >= 15 is 0 Å². The summed E-state index contributed by atoms with van der Waals surface area (Å²) in [5.74, 6) is -0.443. The Morgan fingerprint density at radius 3 is 2.65 bits per heavy atom. The van der Waals surface area contributed by atoms with Gasteiger partial charge in [0.05, 0.1) is 6.54 Å². The first-order valence-corrected chi connectivity index (χ1v) is 7.44. The van der Waals surface area contributed by atoms with Crippen LogP contribution in [0.4, 0.5) is 4.39 Å². The molecule has 124 valence electrons. The predicted molar refractivity (Wildman–Crippen MR) is 91.0 cm³/mol. The van der Waals surface area contributed by atoms with Gasteiger partial charge in [0.15, 0.2) is 0 Å². The number of nitrogens with one attached hydrogen (secondary N) is 2. The quantitative estimate of drug-likeness (QED) is 0.509. The summed E-state index contributed by atoms with van der Waals surface area (Å²) in [7, 11) is 0. The third-order valence-corrected chi connectivity index (χ3v) is 2.95. The van der Waals surface area contributed by atoms with Crippen LogP contribution in [0.2, 0.25) is 0 Å². The van der Waals surface area contributed by atoms with Crippen molar-refractivity contribution in [2.75, 3.05) is 13.1 Å². The van der Waals surface area contributed by atoms with Crippen molar-refractivity contribution in [1.82, 2.24) is 10.6 Å². The van der Waals surface area contributed by atoms with Crippen molar-refractivity contribution >= 4 is 11.5 Å². The summed E-state index contributed by atoms with van der Waals surface area (Å²) in [5, 5.41) is 14.9. The standard InChI is InChI=1S/C18H23FN2O2/c1-3-6-15(16-8-10-17(19)11-9-16)7-4-5-12-20-18(23)13-21-14(2)22/h3-11,18,20,23H,12-13H2,1-2H3,(H,21,22)/b5-4+,6-3-,15-7+. The Morgan fingerprint density at radius 2 is 2.04 bits per heavy atom. The lowest BCUT2D eigenvalue weighted by Gasteiger charge is -2.11. The van der Waals surface area contributed by atoms with Crippen LogP contribution in [0.15, 0.2) is 54.6 Å². The van der Waals surface area contributed by atoms with Gasteiger partial charge in [-0.2, -0.15) is 0 Å². The maximum Gasteiger partial charge on any atom is 0.217 e. The van der Waals surface area contributed by atoms with E-state index < -0.39 is 6.23 Å². The van der Waals surface area contributed by atoms with Gasteiger partial charge in [-0.1, -0.05) is 42.5 Å². The SMILES string of the molecule is C\C=C/C(=C\C=C\CNC(O)CNC(C)=O)c1ccc(F)cc1. The lowest BCUT2D eigenvalue weighted by atomic mass is 10.0. The molecule has 0 saturated heterocycles. The van der Waals surface area contributed by atoms with Gasteiger partial charge in [0, 0.05) is 13.5 Å². The molecule has 0 aliphatic carbocycles. The molecule has 3 N–H and O–H groups in total. The summed E-state index contributed by atoms with van der Waals surface area (Å²) in [6.45, 7) is 3.94. The Kier molecular flexibility index (Phi) is 8.57. The molecule has 23 heavy (non-hydrogen) atoms. The lowest BCUT2D eigenvalue weighted by Crippen LogP contribution is -2.40. The highest BCUT2D eigenvalue weighted by Gasteiger charge is 2.01. The van der Waals surface area contributed by atoms with Crippen molar-refractivity contribution in [2.24, 2.45) is 0 Å². The zero-order valence-electron chi connectivity index (χ0n) is 13.4. The molecule has 1 amide bonds. The summed E-state index contributed by atoms with van der Waals surface area (Å²) in [6, 6.07) is 6.31. The maximum absolute atomic E-state index is 13.0. The number of hydrogen-bond donors (Lipinski definition) is 3. The fraction of sp³-hybridized carbons (Fsp3) is 0.278. The number of allylic oxidation sites excluding steroid dienone is 5. The van der Waals surface area contributed by atoms with Crippen LogP contribution in [0.3, 0.4) is 0 Å². The lowest BCUT2D eigenvalue weighted by molar-refractivity contribution is -0.119. The number of aliphatic hydroxyl groups is 1. The number of halogens is 1. The van der Waals surface area contributed by atoms with Crippen LogP contribution < -0.4 is 10.6 Å². The fourth-order valence-corrected chi connectivity index (χ4v) is 1.83. The molecule has 1 aromatic rings. The molecule has 0 bridgehead atoms. The van der Waals surface area contributed by atoms with Gasteiger partial charge < -0.3 is 10.4 Å². The zero-order valence-corrected chi connectivity index (χ0v) is 13.4. The first-order valence-electron chi connectivity index (χ1n) is 7.44. The minimum absolute atomic E-state index is 0.165. The van der Waals surface area contributed by atoms with E-state index in [2.05, 4.69) is 10.6 Å². The molecule has 5 heteroatoms. The molecule has 0 saturated carbocycles. The van der Waals surface area contributed by atoms with E-state index in [1.165, 1.54) is 19.1 Å². The first-order chi connectivity index (χ1) is 11.0. The Labute approximate surface area is 136 Å². The van der Waals surface area contributed by atoms with Crippen LogP contribution >= 0.6 is 0 Å². The van der Waals surface area contributed by atoms with Crippen molar-refractivity contribution in [3.63, 3.8) is 0 Å². The molecule has 0 spiro atoms. The summed E-state index contributed by atoms with van der Waals surface area (Å²) in [4.78, 5) is 10.7. The van der Waals surface area contributed by atoms with Gasteiger partial charge in [-0.25, -0.2) is 4.39 Å². The third-order valence-electron chi connectivity index (χ3n) is 2.95. The minimum atomic E-state index is -0.792. The second-order valence-corrected chi connectivity index (χ2v) is 4.92. The van der Waals surface area contributed by atoms with Crippen molar-refractivity contribution in [3.05, 3.63) is 66.0 Å². The number of amides is 1. The Bertz CT molecular complexity index is 577. The van der Waals surface area contributed by atoms with Crippen molar-refractivity contribution in [3.8, 4) is 0 Å². The smallest absolute Gasteiger partial charge is 0.217 e. The second-order valence-electron chi connectivity index (χ2n) is 4.92. The molecule has 1 rings (SSSR count). The maximum atomic E-state index is 13.0. The van der Waals surface area contributed by atoms with E-state index in [-0.39, 0.29) is 18.3 Å². The average Bonchev–Trinajstić information content (AvgIpc) is 2.52. The molecule has 0 fully saturated rings. The normalized spacial score (nSPS) is 13.7. The molecule has 1 atom stereocenters. The van der Waals surface area contributed by atoms with Crippen LogP contribution in [0.1, 0.15) is 19.4 Å².